The third-order valence-corrected chi connectivity index (χ3v) is 2.85. The molecule has 0 atom stereocenters. The molecular formula is C14H20FNO. The highest BCUT2D eigenvalue weighted by atomic mass is 19.1. The van der Waals surface area contributed by atoms with E-state index in [9.17, 15) is 4.39 Å². The molecule has 0 amide bonds. The summed E-state index contributed by atoms with van der Waals surface area (Å²) in [5.74, 6) is -0.180. The van der Waals surface area contributed by atoms with Gasteiger partial charge in [-0.2, -0.15) is 0 Å². The van der Waals surface area contributed by atoms with Gasteiger partial charge in [-0.05, 0) is 44.4 Å². The smallest absolute Gasteiger partial charge is 0.128 e. The third-order valence-electron chi connectivity index (χ3n) is 2.85. The summed E-state index contributed by atoms with van der Waals surface area (Å²) in [4.78, 5) is 0. The van der Waals surface area contributed by atoms with Gasteiger partial charge in [0, 0.05) is 18.2 Å². The van der Waals surface area contributed by atoms with Crippen LogP contribution in [0.3, 0.4) is 0 Å². The van der Waals surface area contributed by atoms with Crippen LogP contribution in [0.25, 0.3) is 0 Å². The second-order valence-corrected chi connectivity index (χ2v) is 4.94. The maximum atomic E-state index is 13.5. The standard InChI is InChI=1S/C14H20FNO/c1-10(2)17-9-12-7-11(3-6-14(12)15)8-16-13-4-5-13/h3,6-7,10,13,16H,4-5,8-9H2,1-2H3. The van der Waals surface area contributed by atoms with Crippen molar-refractivity contribution in [2.45, 2.75) is 52.0 Å². The molecule has 0 heterocycles. The van der Waals surface area contributed by atoms with E-state index >= 15 is 0 Å². The lowest BCUT2D eigenvalue weighted by Gasteiger charge is -2.10. The van der Waals surface area contributed by atoms with E-state index in [0.717, 1.165) is 12.1 Å². The van der Waals surface area contributed by atoms with Crippen molar-refractivity contribution in [2.24, 2.45) is 0 Å². The first-order chi connectivity index (χ1) is 8.15. The maximum absolute atomic E-state index is 13.5. The predicted octanol–water partition coefficient (Wildman–Crippen LogP) is 3.00. The Morgan fingerprint density at radius 3 is 2.82 bits per heavy atom. The molecule has 2 nitrogen and oxygen atoms in total. The van der Waals surface area contributed by atoms with E-state index in [1.807, 2.05) is 26.0 Å². The summed E-state index contributed by atoms with van der Waals surface area (Å²) in [5.41, 5.74) is 1.77. The van der Waals surface area contributed by atoms with Crippen molar-refractivity contribution in [1.82, 2.24) is 5.32 Å². The summed E-state index contributed by atoms with van der Waals surface area (Å²) in [7, 11) is 0. The lowest BCUT2D eigenvalue weighted by Crippen LogP contribution is -2.15. The minimum Gasteiger partial charge on any atom is -0.374 e. The second kappa shape index (κ2) is 5.61. The highest BCUT2D eigenvalue weighted by molar-refractivity contribution is 5.24. The van der Waals surface area contributed by atoms with Crippen molar-refractivity contribution in [1.29, 1.82) is 0 Å². The van der Waals surface area contributed by atoms with Crippen LogP contribution in [-0.4, -0.2) is 12.1 Å². The molecule has 0 bridgehead atoms. The van der Waals surface area contributed by atoms with E-state index in [0.29, 0.717) is 18.2 Å². The van der Waals surface area contributed by atoms with Crippen LogP contribution >= 0.6 is 0 Å². The van der Waals surface area contributed by atoms with Crippen LogP contribution in [-0.2, 0) is 17.9 Å². The minimum absolute atomic E-state index is 0.127. The summed E-state index contributed by atoms with van der Waals surface area (Å²) < 4.78 is 19.0. The van der Waals surface area contributed by atoms with Crippen LogP contribution in [0.2, 0.25) is 0 Å². The van der Waals surface area contributed by atoms with Crippen LogP contribution in [0.4, 0.5) is 4.39 Å². The second-order valence-electron chi connectivity index (χ2n) is 4.94. The van der Waals surface area contributed by atoms with Gasteiger partial charge < -0.3 is 10.1 Å². The Morgan fingerprint density at radius 2 is 2.18 bits per heavy atom. The Morgan fingerprint density at radius 1 is 1.41 bits per heavy atom. The molecule has 0 unspecified atom stereocenters. The Bertz CT molecular complexity index is 374. The van der Waals surface area contributed by atoms with Gasteiger partial charge in [-0.1, -0.05) is 6.07 Å². The molecule has 0 aromatic heterocycles. The van der Waals surface area contributed by atoms with Gasteiger partial charge in [0.25, 0.3) is 0 Å². The minimum atomic E-state index is -0.180. The van der Waals surface area contributed by atoms with Gasteiger partial charge in [-0.15, -0.1) is 0 Å². The lowest BCUT2D eigenvalue weighted by atomic mass is 10.1. The topological polar surface area (TPSA) is 21.3 Å². The number of ether oxygens (including phenoxy) is 1. The fourth-order valence-electron chi connectivity index (χ4n) is 1.65. The Labute approximate surface area is 102 Å². The molecule has 2 rings (SSSR count). The molecule has 1 aliphatic rings. The molecule has 1 aliphatic carbocycles. The molecule has 94 valence electrons. The lowest BCUT2D eigenvalue weighted by molar-refractivity contribution is 0.0639. The molecule has 17 heavy (non-hydrogen) atoms. The first-order valence-electron chi connectivity index (χ1n) is 6.27. The SMILES string of the molecule is CC(C)OCc1cc(CNC2CC2)ccc1F. The van der Waals surface area contributed by atoms with Crippen molar-refractivity contribution in [3.05, 3.63) is 35.1 Å². The molecule has 0 spiro atoms. The third kappa shape index (κ3) is 4.10. The first kappa shape index (κ1) is 12.5. The molecule has 0 aliphatic heterocycles. The van der Waals surface area contributed by atoms with Crippen LogP contribution < -0.4 is 5.32 Å². The van der Waals surface area contributed by atoms with Gasteiger partial charge in [0.1, 0.15) is 5.82 Å². The number of hydrogen-bond donors (Lipinski definition) is 1. The zero-order valence-corrected chi connectivity index (χ0v) is 10.5. The van der Waals surface area contributed by atoms with Crippen LogP contribution in [0, 0.1) is 5.82 Å². The molecular weight excluding hydrogens is 217 g/mol. The zero-order valence-electron chi connectivity index (χ0n) is 10.5. The molecule has 3 heteroatoms. The Kier molecular flexibility index (Phi) is 4.13. The largest absolute Gasteiger partial charge is 0.374 e. The Balaban J connectivity index is 1.94. The maximum Gasteiger partial charge on any atom is 0.128 e. The van der Waals surface area contributed by atoms with Crippen molar-refractivity contribution in [3.8, 4) is 0 Å². The highest BCUT2D eigenvalue weighted by Crippen LogP contribution is 2.20. The van der Waals surface area contributed by atoms with Crippen LogP contribution in [0.1, 0.15) is 37.8 Å². The van der Waals surface area contributed by atoms with E-state index in [4.69, 9.17) is 4.74 Å². The van der Waals surface area contributed by atoms with Gasteiger partial charge in [-0.3, -0.25) is 0 Å². The van der Waals surface area contributed by atoms with Gasteiger partial charge in [0.15, 0.2) is 0 Å². The highest BCUT2D eigenvalue weighted by Gasteiger charge is 2.20. The fourth-order valence-corrected chi connectivity index (χ4v) is 1.65. The monoisotopic (exact) mass is 237 g/mol. The zero-order chi connectivity index (χ0) is 12.3. The number of nitrogens with one attached hydrogen (secondary N) is 1. The summed E-state index contributed by atoms with van der Waals surface area (Å²) in [5, 5.41) is 3.42. The van der Waals surface area contributed by atoms with Crippen molar-refractivity contribution >= 4 is 0 Å². The normalized spacial score (nSPS) is 15.5. The van der Waals surface area contributed by atoms with Crippen molar-refractivity contribution in [2.75, 3.05) is 0 Å². The molecule has 1 aromatic rings. The van der Waals surface area contributed by atoms with Crippen LogP contribution in [0.15, 0.2) is 18.2 Å². The molecule has 1 N–H and O–H groups in total. The molecule has 0 saturated heterocycles. The van der Waals surface area contributed by atoms with E-state index in [-0.39, 0.29) is 11.9 Å². The van der Waals surface area contributed by atoms with E-state index in [1.165, 1.54) is 18.9 Å². The average molecular weight is 237 g/mol. The molecule has 0 radical (unpaired) electrons. The fraction of sp³-hybridized carbons (Fsp3) is 0.571. The number of halogens is 1. The van der Waals surface area contributed by atoms with Gasteiger partial charge in [0.2, 0.25) is 0 Å². The van der Waals surface area contributed by atoms with E-state index < -0.39 is 0 Å². The number of rotatable bonds is 6. The van der Waals surface area contributed by atoms with Crippen molar-refractivity contribution in [3.63, 3.8) is 0 Å². The van der Waals surface area contributed by atoms with Gasteiger partial charge in [0.05, 0.1) is 12.7 Å². The van der Waals surface area contributed by atoms with E-state index in [2.05, 4.69) is 5.32 Å². The number of hydrogen-bond acceptors (Lipinski definition) is 2. The first-order valence-corrected chi connectivity index (χ1v) is 6.27. The summed E-state index contributed by atoms with van der Waals surface area (Å²) in [6, 6.07) is 5.94. The summed E-state index contributed by atoms with van der Waals surface area (Å²) in [6.07, 6.45) is 2.66. The quantitative estimate of drug-likeness (QED) is 0.821. The Hall–Kier alpha value is -0.930. The van der Waals surface area contributed by atoms with Crippen molar-refractivity contribution < 1.29 is 9.13 Å². The van der Waals surface area contributed by atoms with Gasteiger partial charge >= 0.3 is 0 Å². The average Bonchev–Trinajstić information content (AvgIpc) is 3.10. The summed E-state index contributed by atoms with van der Waals surface area (Å²) in [6.45, 7) is 5.08. The number of benzene rings is 1. The van der Waals surface area contributed by atoms with E-state index in [1.54, 1.807) is 0 Å². The van der Waals surface area contributed by atoms with Gasteiger partial charge in [-0.25, -0.2) is 4.39 Å². The molecule has 1 saturated carbocycles. The predicted molar refractivity (Wildman–Crippen MR) is 66.2 cm³/mol. The van der Waals surface area contributed by atoms with Crippen LogP contribution in [0.5, 0.6) is 0 Å². The summed E-state index contributed by atoms with van der Waals surface area (Å²) >= 11 is 0. The molecule has 1 aromatic carbocycles. The molecule has 1 fully saturated rings.